The highest BCUT2D eigenvalue weighted by Crippen LogP contribution is 2.31. The van der Waals surface area contributed by atoms with Crippen molar-refractivity contribution < 1.29 is 17.9 Å². The lowest BCUT2D eigenvalue weighted by molar-refractivity contribution is -0.142. The number of fused-ring (bicyclic) bond motifs is 1. The number of hydrogen-bond donors (Lipinski definition) is 3. The van der Waals surface area contributed by atoms with E-state index in [1.54, 1.807) is 0 Å². The molecule has 1 heterocycles. The van der Waals surface area contributed by atoms with Gasteiger partial charge in [0.25, 0.3) is 0 Å². The molecule has 0 aliphatic rings. The zero-order valence-corrected chi connectivity index (χ0v) is 14.9. The average Bonchev–Trinajstić information content (AvgIpc) is 2.55. The number of nitrogens with zero attached hydrogens (tertiary/aromatic N) is 2. The van der Waals surface area contributed by atoms with Crippen LogP contribution in [0, 0.1) is 0 Å². The Labute approximate surface area is 149 Å². The zero-order valence-electron chi connectivity index (χ0n) is 13.4. The van der Waals surface area contributed by atoms with Gasteiger partial charge in [0, 0.05) is 17.0 Å². The predicted molar refractivity (Wildman–Crippen MR) is 94.0 cm³/mol. The fourth-order valence-corrected chi connectivity index (χ4v) is 3.51. The molecule has 9 nitrogen and oxygen atoms in total. The fraction of sp³-hybridized carbons (Fsp3) is 0.214. The molecule has 0 unspecified atom stereocenters. The van der Waals surface area contributed by atoms with E-state index in [0.29, 0.717) is 15.8 Å². The van der Waals surface area contributed by atoms with Crippen LogP contribution in [0.3, 0.4) is 0 Å². The maximum atomic E-state index is 12.5. The molecule has 0 saturated carbocycles. The van der Waals surface area contributed by atoms with Crippen LogP contribution in [0.2, 0.25) is 5.02 Å². The number of aliphatic imine (C=N–C) groups is 1. The molecule has 5 N–H and O–H groups in total. The third kappa shape index (κ3) is 4.16. The van der Waals surface area contributed by atoms with Gasteiger partial charge in [-0.1, -0.05) is 17.7 Å². The van der Waals surface area contributed by atoms with Gasteiger partial charge in [-0.05, 0) is 19.1 Å². The second kappa shape index (κ2) is 7.21. The number of carbonyl (C=O) groups is 1. The number of rotatable bonds is 5. The van der Waals surface area contributed by atoms with E-state index in [1.807, 2.05) is 0 Å². The van der Waals surface area contributed by atoms with E-state index in [9.17, 15) is 13.2 Å². The van der Waals surface area contributed by atoms with Gasteiger partial charge in [0.05, 0.1) is 17.0 Å². The summed E-state index contributed by atoms with van der Waals surface area (Å²) in [7, 11) is -2.83. The number of guanidine groups is 1. The van der Waals surface area contributed by atoms with Crippen LogP contribution in [0.25, 0.3) is 10.8 Å². The Hall–Kier alpha value is -2.43. The molecule has 0 fully saturated rings. The van der Waals surface area contributed by atoms with Crippen molar-refractivity contribution in [2.24, 2.45) is 16.5 Å². The molecule has 0 bridgehead atoms. The Morgan fingerprint density at radius 2 is 2.04 bits per heavy atom. The number of methoxy groups -OCH3 is 1. The number of nitrogens with one attached hydrogen (secondary N) is 1. The number of hydrogen-bond acceptors (Lipinski definition) is 6. The molecular formula is C14H16ClN5O4S. The third-order valence-corrected chi connectivity index (χ3v) is 5.06. The van der Waals surface area contributed by atoms with Crippen LogP contribution < -0.4 is 16.2 Å². The first-order chi connectivity index (χ1) is 11.7. The van der Waals surface area contributed by atoms with Gasteiger partial charge < -0.3 is 16.2 Å². The second-order valence-electron chi connectivity index (χ2n) is 5.04. The lowest BCUT2D eigenvalue weighted by Gasteiger charge is -2.13. The Morgan fingerprint density at radius 3 is 2.64 bits per heavy atom. The van der Waals surface area contributed by atoms with E-state index in [1.165, 1.54) is 38.4 Å². The standard InChI is InChI=1S/C14H16ClN5O4S/c1-7(13(21)24-2)20-25(22,23)8-3-4-9-10(5-8)12(19-14(16)17)18-6-11(9)15/h3-7,20H,1-2H3,(H4,16,17,18,19)/t7-/m0/s1. The molecule has 11 heteroatoms. The van der Waals surface area contributed by atoms with Crippen molar-refractivity contribution in [3.8, 4) is 0 Å². The minimum absolute atomic E-state index is 0.105. The summed E-state index contributed by atoms with van der Waals surface area (Å²) in [6.45, 7) is 1.37. The minimum Gasteiger partial charge on any atom is -0.468 e. The Bertz CT molecular complexity index is 957. The summed E-state index contributed by atoms with van der Waals surface area (Å²) in [5, 5.41) is 1.18. The number of pyridine rings is 1. The molecule has 0 aliphatic carbocycles. The molecule has 25 heavy (non-hydrogen) atoms. The predicted octanol–water partition coefficient (Wildman–Crippen LogP) is 0.633. The summed E-state index contributed by atoms with van der Waals surface area (Å²) in [5.41, 5.74) is 10.7. The zero-order chi connectivity index (χ0) is 18.8. The maximum Gasteiger partial charge on any atom is 0.323 e. The molecule has 1 aromatic carbocycles. The molecule has 1 aromatic heterocycles. The highest BCUT2D eigenvalue weighted by molar-refractivity contribution is 7.89. The lowest BCUT2D eigenvalue weighted by atomic mass is 10.1. The largest absolute Gasteiger partial charge is 0.468 e. The van der Waals surface area contributed by atoms with Crippen LogP contribution >= 0.6 is 11.6 Å². The van der Waals surface area contributed by atoms with E-state index in [-0.39, 0.29) is 16.7 Å². The van der Waals surface area contributed by atoms with Crippen LogP contribution in [-0.2, 0) is 19.6 Å². The first kappa shape index (κ1) is 18.9. The number of esters is 1. The summed E-state index contributed by atoms with van der Waals surface area (Å²) >= 11 is 6.08. The van der Waals surface area contributed by atoms with Crippen molar-refractivity contribution in [3.05, 3.63) is 29.4 Å². The number of aromatic nitrogens is 1. The van der Waals surface area contributed by atoms with Gasteiger partial charge in [0.1, 0.15) is 6.04 Å². The molecular weight excluding hydrogens is 370 g/mol. The van der Waals surface area contributed by atoms with Crippen molar-refractivity contribution in [2.75, 3.05) is 7.11 Å². The van der Waals surface area contributed by atoms with Gasteiger partial charge in [0.2, 0.25) is 10.0 Å². The van der Waals surface area contributed by atoms with Gasteiger partial charge in [-0.2, -0.15) is 9.71 Å². The molecule has 0 spiro atoms. The van der Waals surface area contributed by atoms with Crippen LogP contribution in [0.1, 0.15) is 6.92 Å². The number of halogens is 1. The highest BCUT2D eigenvalue weighted by Gasteiger charge is 2.23. The summed E-state index contributed by atoms with van der Waals surface area (Å²) in [5.74, 6) is -0.824. The maximum absolute atomic E-state index is 12.5. The van der Waals surface area contributed by atoms with Crippen LogP contribution in [-0.4, -0.2) is 38.5 Å². The van der Waals surface area contributed by atoms with Crippen LogP contribution in [0.5, 0.6) is 0 Å². The Balaban J connectivity index is 2.56. The second-order valence-corrected chi connectivity index (χ2v) is 7.16. The molecule has 0 aliphatic heterocycles. The number of benzene rings is 1. The van der Waals surface area contributed by atoms with Gasteiger partial charge in [0.15, 0.2) is 11.8 Å². The number of nitrogens with two attached hydrogens (primary N) is 2. The molecule has 0 saturated heterocycles. The molecule has 2 rings (SSSR count). The van der Waals surface area contributed by atoms with Crippen molar-refractivity contribution in [1.82, 2.24) is 9.71 Å². The minimum atomic E-state index is -4.00. The number of ether oxygens (including phenoxy) is 1. The summed E-state index contributed by atoms with van der Waals surface area (Å²) < 4.78 is 31.7. The highest BCUT2D eigenvalue weighted by atomic mass is 35.5. The quantitative estimate of drug-likeness (QED) is 0.388. The number of carbonyl (C=O) groups excluding carboxylic acids is 1. The average molecular weight is 386 g/mol. The topological polar surface area (TPSA) is 150 Å². The van der Waals surface area contributed by atoms with Gasteiger partial charge in [-0.3, -0.25) is 4.79 Å². The number of sulfonamides is 1. The van der Waals surface area contributed by atoms with Crippen molar-refractivity contribution >= 4 is 50.1 Å². The first-order valence-electron chi connectivity index (χ1n) is 6.93. The molecule has 2 aromatic rings. The molecule has 0 radical (unpaired) electrons. The Morgan fingerprint density at radius 1 is 1.36 bits per heavy atom. The van der Waals surface area contributed by atoms with Gasteiger partial charge in [-0.25, -0.2) is 13.4 Å². The van der Waals surface area contributed by atoms with Crippen LogP contribution in [0.4, 0.5) is 5.82 Å². The van der Waals surface area contributed by atoms with E-state index in [0.717, 1.165) is 0 Å². The molecule has 1 atom stereocenters. The summed E-state index contributed by atoms with van der Waals surface area (Å²) in [6.07, 6.45) is 1.36. The monoisotopic (exact) mass is 385 g/mol. The van der Waals surface area contributed by atoms with E-state index < -0.39 is 22.0 Å². The summed E-state index contributed by atoms with van der Waals surface area (Å²) in [6, 6.07) is 3.12. The van der Waals surface area contributed by atoms with Crippen LogP contribution in [0.15, 0.2) is 34.3 Å². The smallest absolute Gasteiger partial charge is 0.323 e. The molecule has 0 amide bonds. The van der Waals surface area contributed by atoms with Gasteiger partial charge in [-0.15, -0.1) is 0 Å². The van der Waals surface area contributed by atoms with E-state index in [4.69, 9.17) is 23.1 Å². The normalized spacial score (nSPS) is 12.6. The van der Waals surface area contributed by atoms with Crippen molar-refractivity contribution in [1.29, 1.82) is 0 Å². The van der Waals surface area contributed by atoms with E-state index in [2.05, 4.69) is 19.4 Å². The fourth-order valence-electron chi connectivity index (χ4n) is 2.08. The lowest BCUT2D eigenvalue weighted by Crippen LogP contribution is -2.39. The van der Waals surface area contributed by atoms with Crippen molar-refractivity contribution in [2.45, 2.75) is 17.9 Å². The molecule has 134 valence electrons. The van der Waals surface area contributed by atoms with Crippen molar-refractivity contribution in [3.63, 3.8) is 0 Å². The van der Waals surface area contributed by atoms with E-state index >= 15 is 0 Å². The Kier molecular flexibility index (Phi) is 5.45. The SMILES string of the molecule is COC(=O)[C@H](C)NS(=O)(=O)c1ccc2c(Cl)cnc(N=C(N)N)c2c1. The third-order valence-electron chi connectivity index (χ3n) is 3.22. The summed E-state index contributed by atoms with van der Waals surface area (Å²) in [4.78, 5) is 19.2. The van der Waals surface area contributed by atoms with Gasteiger partial charge >= 0.3 is 5.97 Å². The first-order valence-corrected chi connectivity index (χ1v) is 8.80.